The Morgan fingerprint density at radius 1 is 0.967 bits per heavy atom. The van der Waals surface area contributed by atoms with Crippen molar-refractivity contribution >= 4 is 34.2 Å². The van der Waals surface area contributed by atoms with Crippen molar-refractivity contribution < 1.29 is 13.9 Å². The molecule has 4 rings (SSSR count). The van der Waals surface area contributed by atoms with Gasteiger partial charge in [0.2, 0.25) is 11.8 Å². The lowest BCUT2D eigenvalue weighted by Crippen LogP contribution is -2.20. The molecule has 0 atom stereocenters. The van der Waals surface area contributed by atoms with Crippen LogP contribution in [0.1, 0.15) is 5.56 Å². The van der Waals surface area contributed by atoms with Gasteiger partial charge in [0.15, 0.2) is 6.61 Å². The Bertz CT molecular complexity index is 1160. The van der Waals surface area contributed by atoms with E-state index in [9.17, 15) is 4.79 Å². The zero-order chi connectivity index (χ0) is 20.9. The molecule has 1 N–H and O–H groups in total. The summed E-state index contributed by atoms with van der Waals surface area (Å²) in [6, 6.07) is 22.6. The van der Waals surface area contributed by atoms with Crippen LogP contribution in [0.3, 0.4) is 0 Å². The molecular weight excluding hydrogens is 493 g/mol. The number of nitrogens with one attached hydrogen (secondary N) is 1. The number of benzene rings is 3. The van der Waals surface area contributed by atoms with Gasteiger partial charge in [-0.15, -0.1) is 10.2 Å². The highest BCUT2D eigenvalue weighted by Gasteiger charge is 2.11. The van der Waals surface area contributed by atoms with E-state index in [4.69, 9.17) is 9.15 Å². The number of halogens is 1. The van der Waals surface area contributed by atoms with Crippen LogP contribution in [-0.2, 0) is 4.79 Å². The fourth-order valence-corrected chi connectivity index (χ4v) is 3.17. The highest BCUT2D eigenvalue weighted by Crippen LogP contribution is 2.25. The minimum atomic E-state index is -0.235. The molecule has 0 saturated heterocycles. The molecule has 7 heteroatoms. The van der Waals surface area contributed by atoms with Crippen molar-refractivity contribution in [2.75, 3.05) is 11.9 Å². The molecule has 1 heterocycles. The monoisotopic (exact) mass is 511 g/mol. The lowest BCUT2D eigenvalue weighted by molar-refractivity contribution is -0.118. The number of aromatic nitrogens is 2. The number of amides is 1. The number of aryl methyl sites for hydroxylation is 1. The first-order chi connectivity index (χ1) is 14.6. The summed E-state index contributed by atoms with van der Waals surface area (Å²) in [4.78, 5) is 12.1. The SMILES string of the molecule is Cc1cccc(-c2nnc(-c3ccc(NC(=O)COc4ccc(I)cc4)cc3)o2)c1. The lowest BCUT2D eigenvalue weighted by atomic mass is 10.1. The van der Waals surface area contributed by atoms with E-state index in [1.165, 1.54) is 0 Å². The average molecular weight is 511 g/mol. The molecule has 0 aliphatic heterocycles. The molecule has 150 valence electrons. The molecule has 30 heavy (non-hydrogen) atoms. The Kier molecular flexibility index (Phi) is 6.08. The van der Waals surface area contributed by atoms with E-state index in [0.29, 0.717) is 23.2 Å². The second-order valence-electron chi connectivity index (χ2n) is 6.65. The van der Waals surface area contributed by atoms with Crippen molar-refractivity contribution in [3.63, 3.8) is 0 Å². The molecular formula is C23H18IN3O3. The van der Waals surface area contributed by atoms with Gasteiger partial charge in [-0.1, -0.05) is 17.7 Å². The molecule has 1 amide bonds. The molecule has 0 radical (unpaired) electrons. The average Bonchev–Trinajstić information content (AvgIpc) is 3.24. The van der Waals surface area contributed by atoms with Crippen LogP contribution in [0.2, 0.25) is 0 Å². The maximum atomic E-state index is 12.1. The summed E-state index contributed by atoms with van der Waals surface area (Å²) in [5, 5.41) is 11.1. The Morgan fingerprint density at radius 3 is 2.37 bits per heavy atom. The predicted octanol–water partition coefficient (Wildman–Crippen LogP) is 5.33. The fraction of sp³-hybridized carbons (Fsp3) is 0.0870. The number of anilines is 1. The van der Waals surface area contributed by atoms with Crippen LogP contribution >= 0.6 is 22.6 Å². The molecule has 0 spiro atoms. The summed E-state index contributed by atoms with van der Waals surface area (Å²) in [7, 11) is 0. The number of hydrogen-bond donors (Lipinski definition) is 1. The molecule has 6 nitrogen and oxygen atoms in total. The first-order valence-corrected chi connectivity index (χ1v) is 10.3. The van der Waals surface area contributed by atoms with Gasteiger partial charge in [0.25, 0.3) is 5.91 Å². The molecule has 0 bridgehead atoms. The highest BCUT2D eigenvalue weighted by atomic mass is 127. The van der Waals surface area contributed by atoms with Crippen LogP contribution in [-0.4, -0.2) is 22.7 Å². The standard InChI is InChI=1S/C23H18IN3O3/c1-15-3-2-4-17(13-15)23-27-26-22(30-23)16-5-9-19(10-6-16)25-21(28)14-29-20-11-7-18(24)8-12-20/h2-13H,14H2,1H3,(H,25,28). The van der Waals surface area contributed by atoms with Gasteiger partial charge in [-0.2, -0.15) is 0 Å². The molecule has 0 unspecified atom stereocenters. The first kappa shape index (κ1) is 20.1. The van der Waals surface area contributed by atoms with Crippen molar-refractivity contribution in [1.82, 2.24) is 10.2 Å². The largest absolute Gasteiger partial charge is 0.484 e. The number of nitrogens with zero attached hydrogens (tertiary/aromatic N) is 2. The van der Waals surface area contributed by atoms with Crippen LogP contribution in [0.25, 0.3) is 22.9 Å². The molecule has 0 aliphatic carbocycles. The van der Waals surface area contributed by atoms with Gasteiger partial charge >= 0.3 is 0 Å². The van der Waals surface area contributed by atoms with Gasteiger partial charge in [-0.25, -0.2) is 0 Å². The number of carbonyl (C=O) groups is 1. The summed E-state index contributed by atoms with van der Waals surface area (Å²) in [6.45, 7) is 1.95. The van der Waals surface area contributed by atoms with Gasteiger partial charge in [-0.3, -0.25) is 4.79 Å². The Hall–Kier alpha value is -3.20. The van der Waals surface area contributed by atoms with Gasteiger partial charge in [0.1, 0.15) is 5.75 Å². The van der Waals surface area contributed by atoms with E-state index in [1.54, 1.807) is 12.1 Å². The number of rotatable bonds is 6. The zero-order valence-corrected chi connectivity index (χ0v) is 18.3. The second kappa shape index (κ2) is 9.08. The fourth-order valence-electron chi connectivity index (χ4n) is 2.81. The van der Waals surface area contributed by atoms with E-state index < -0.39 is 0 Å². The van der Waals surface area contributed by atoms with Crippen molar-refractivity contribution in [3.8, 4) is 28.7 Å². The van der Waals surface area contributed by atoms with Crippen molar-refractivity contribution in [3.05, 3.63) is 81.9 Å². The summed E-state index contributed by atoms with van der Waals surface area (Å²) < 4.78 is 12.4. The van der Waals surface area contributed by atoms with Gasteiger partial charge in [0.05, 0.1) is 0 Å². The summed E-state index contributed by atoms with van der Waals surface area (Å²) in [5.41, 5.74) is 3.44. The van der Waals surface area contributed by atoms with Crippen LogP contribution in [0.5, 0.6) is 5.75 Å². The third kappa shape index (κ3) is 5.04. The van der Waals surface area contributed by atoms with Crippen molar-refractivity contribution in [1.29, 1.82) is 0 Å². The maximum Gasteiger partial charge on any atom is 0.262 e. The van der Waals surface area contributed by atoms with Crippen LogP contribution in [0.4, 0.5) is 5.69 Å². The van der Waals surface area contributed by atoms with Crippen LogP contribution < -0.4 is 10.1 Å². The Morgan fingerprint density at radius 2 is 1.67 bits per heavy atom. The molecule has 3 aromatic carbocycles. The molecule has 1 aromatic heterocycles. The van der Waals surface area contributed by atoms with Gasteiger partial charge in [-0.05, 0) is 90.2 Å². The summed E-state index contributed by atoms with van der Waals surface area (Å²) in [5.74, 6) is 1.31. The van der Waals surface area contributed by atoms with E-state index >= 15 is 0 Å². The lowest BCUT2D eigenvalue weighted by Gasteiger charge is -2.08. The van der Waals surface area contributed by atoms with Crippen molar-refractivity contribution in [2.24, 2.45) is 0 Å². The molecule has 4 aromatic rings. The number of ether oxygens (including phenoxy) is 1. The van der Waals surface area contributed by atoms with Gasteiger partial charge < -0.3 is 14.5 Å². The Labute approximate surface area is 187 Å². The topological polar surface area (TPSA) is 77.2 Å². The molecule has 0 fully saturated rings. The first-order valence-electron chi connectivity index (χ1n) is 9.26. The second-order valence-corrected chi connectivity index (χ2v) is 7.90. The summed E-state index contributed by atoms with van der Waals surface area (Å²) >= 11 is 2.22. The smallest absolute Gasteiger partial charge is 0.262 e. The van der Waals surface area contributed by atoms with Crippen molar-refractivity contribution in [2.45, 2.75) is 6.92 Å². The summed E-state index contributed by atoms with van der Waals surface area (Å²) in [6.07, 6.45) is 0. The van der Waals surface area contributed by atoms with Gasteiger partial charge in [0, 0.05) is 20.4 Å². The molecule has 0 aliphatic rings. The third-order valence-electron chi connectivity index (χ3n) is 4.29. The number of hydrogen-bond acceptors (Lipinski definition) is 5. The van der Waals surface area contributed by atoms with E-state index in [-0.39, 0.29) is 12.5 Å². The Balaban J connectivity index is 1.37. The normalized spacial score (nSPS) is 10.6. The van der Waals surface area contributed by atoms with E-state index in [1.807, 2.05) is 67.6 Å². The molecule has 0 saturated carbocycles. The van der Waals surface area contributed by atoms with E-state index in [0.717, 1.165) is 20.3 Å². The third-order valence-corrected chi connectivity index (χ3v) is 5.01. The minimum absolute atomic E-state index is 0.0636. The number of carbonyl (C=O) groups excluding carboxylic acids is 1. The van der Waals surface area contributed by atoms with E-state index in [2.05, 4.69) is 38.1 Å². The quantitative estimate of drug-likeness (QED) is 0.354. The minimum Gasteiger partial charge on any atom is -0.484 e. The maximum absolute atomic E-state index is 12.1. The zero-order valence-electron chi connectivity index (χ0n) is 16.1. The predicted molar refractivity (Wildman–Crippen MR) is 123 cm³/mol. The van der Waals surface area contributed by atoms with Crippen LogP contribution in [0, 0.1) is 10.5 Å². The highest BCUT2D eigenvalue weighted by molar-refractivity contribution is 14.1. The van der Waals surface area contributed by atoms with Crippen LogP contribution in [0.15, 0.2) is 77.2 Å².